The summed E-state index contributed by atoms with van der Waals surface area (Å²) in [5.74, 6) is 0.0828. The van der Waals surface area contributed by atoms with Gasteiger partial charge >= 0.3 is 0 Å². The molecule has 0 radical (unpaired) electrons. The van der Waals surface area contributed by atoms with E-state index in [2.05, 4.69) is 58.5 Å². The van der Waals surface area contributed by atoms with Gasteiger partial charge in [0, 0.05) is 33.2 Å². The number of piperazine rings is 1. The summed E-state index contributed by atoms with van der Waals surface area (Å²) in [5.41, 5.74) is 7.29. The predicted octanol–water partition coefficient (Wildman–Crippen LogP) is 3.37. The van der Waals surface area contributed by atoms with Crippen LogP contribution in [0.1, 0.15) is 44.5 Å². The molecule has 0 saturated carbocycles. The summed E-state index contributed by atoms with van der Waals surface area (Å²) in [6.45, 7) is 5.15. The van der Waals surface area contributed by atoms with Crippen LogP contribution >= 0.6 is 0 Å². The quantitative estimate of drug-likeness (QED) is 0.662. The fourth-order valence-electron chi connectivity index (χ4n) is 5.04. The molecule has 0 bridgehead atoms. The van der Waals surface area contributed by atoms with Crippen molar-refractivity contribution >= 4 is 5.91 Å². The SMILES string of the molecule is Cc1cc(C(=O)N2CCN(C3c4ccccc4CCc4ccccc43)CC2)n(C)n1. The fourth-order valence-corrected chi connectivity index (χ4v) is 5.04. The Hall–Kier alpha value is -2.92. The van der Waals surface area contributed by atoms with Crippen LogP contribution in [0.4, 0.5) is 0 Å². The van der Waals surface area contributed by atoms with E-state index in [9.17, 15) is 4.79 Å². The average Bonchev–Trinajstić information content (AvgIpc) is 3.02. The summed E-state index contributed by atoms with van der Waals surface area (Å²) >= 11 is 0. The number of carbonyl (C=O) groups excluding carboxylic acids is 1. The van der Waals surface area contributed by atoms with Crippen molar-refractivity contribution in [2.75, 3.05) is 26.2 Å². The number of aromatic nitrogens is 2. The average molecular weight is 401 g/mol. The highest BCUT2D eigenvalue weighted by atomic mass is 16.2. The number of hydrogen-bond donors (Lipinski definition) is 0. The smallest absolute Gasteiger partial charge is 0.272 e. The summed E-state index contributed by atoms with van der Waals surface area (Å²) < 4.78 is 1.70. The molecule has 2 aliphatic rings. The molecule has 2 heterocycles. The van der Waals surface area contributed by atoms with Gasteiger partial charge in [0.1, 0.15) is 5.69 Å². The monoisotopic (exact) mass is 400 g/mol. The number of carbonyl (C=O) groups is 1. The molecular weight excluding hydrogens is 372 g/mol. The van der Waals surface area contributed by atoms with Crippen molar-refractivity contribution in [1.82, 2.24) is 19.6 Å². The van der Waals surface area contributed by atoms with Crippen LogP contribution in [0.15, 0.2) is 54.6 Å². The first kappa shape index (κ1) is 19.1. The third-order valence-electron chi connectivity index (χ3n) is 6.55. The first-order chi connectivity index (χ1) is 14.6. The molecule has 3 aromatic rings. The molecule has 5 rings (SSSR count). The minimum absolute atomic E-state index is 0.0828. The number of nitrogens with zero attached hydrogens (tertiary/aromatic N) is 4. The van der Waals surface area contributed by atoms with Gasteiger partial charge in [-0.1, -0.05) is 48.5 Å². The van der Waals surface area contributed by atoms with E-state index in [4.69, 9.17) is 0 Å². The van der Waals surface area contributed by atoms with Gasteiger partial charge in [0.05, 0.1) is 11.7 Å². The summed E-state index contributed by atoms with van der Waals surface area (Å²) in [7, 11) is 1.84. The number of amides is 1. The second-order valence-electron chi connectivity index (χ2n) is 8.42. The number of rotatable bonds is 2. The Balaban J connectivity index is 1.41. The van der Waals surface area contributed by atoms with Crippen molar-refractivity contribution in [2.24, 2.45) is 7.05 Å². The highest BCUT2D eigenvalue weighted by molar-refractivity contribution is 5.92. The van der Waals surface area contributed by atoms with Gasteiger partial charge in [0.2, 0.25) is 0 Å². The second kappa shape index (κ2) is 7.73. The van der Waals surface area contributed by atoms with E-state index < -0.39 is 0 Å². The maximum atomic E-state index is 13.0. The first-order valence-electron chi connectivity index (χ1n) is 10.8. The third-order valence-corrected chi connectivity index (χ3v) is 6.55. The minimum atomic E-state index is 0.0828. The van der Waals surface area contributed by atoms with Crippen LogP contribution in [0.3, 0.4) is 0 Å². The van der Waals surface area contributed by atoms with Crippen LogP contribution in [0.2, 0.25) is 0 Å². The zero-order valence-corrected chi connectivity index (χ0v) is 17.7. The molecule has 2 aromatic carbocycles. The van der Waals surface area contributed by atoms with Crippen molar-refractivity contribution in [2.45, 2.75) is 25.8 Å². The molecule has 0 unspecified atom stereocenters. The largest absolute Gasteiger partial charge is 0.335 e. The van der Waals surface area contributed by atoms with Crippen molar-refractivity contribution in [3.63, 3.8) is 0 Å². The molecule has 5 nitrogen and oxygen atoms in total. The molecule has 1 amide bonds. The van der Waals surface area contributed by atoms with Gasteiger partial charge in [-0.15, -0.1) is 0 Å². The normalized spacial score (nSPS) is 17.3. The molecule has 1 fully saturated rings. The van der Waals surface area contributed by atoms with Gasteiger partial charge in [0.25, 0.3) is 5.91 Å². The molecular formula is C25H28N4O. The van der Waals surface area contributed by atoms with E-state index in [1.54, 1.807) is 4.68 Å². The van der Waals surface area contributed by atoms with E-state index in [1.165, 1.54) is 22.3 Å². The van der Waals surface area contributed by atoms with E-state index in [0.29, 0.717) is 5.69 Å². The van der Waals surface area contributed by atoms with E-state index in [-0.39, 0.29) is 11.9 Å². The number of hydrogen-bond acceptors (Lipinski definition) is 3. The molecule has 30 heavy (non-hydrogen) atoms. The van der Waals surface area contributed by atoms with Crippen molar-refractivity contribution < 1.29 is 4.79 Å². The van der Waals surface area contributed by atoms with Crippen LogP contribution in [-0.2, 0) is 19.9 Å². The Morgan fingerprint density at radius 2 is 1.47 bits per heavy atom. The Morgan fingerprint density at radius 3 is 2.00 bits per heavy atom. The lowest BCUT2D eigenvalue weighted by atomic mass is 9.92. The lowest BCUT2D eigenvalue weighted by Gasteiger charge is -2.40. The van der Waals surface area contributed by atoms with Gasteiger partial charge in [0.15, 0.2) is 0 Å². The molecule has 1 aliphatic carbocycles. The maximum absolute atomic E-state index is 13.0. The van der Waals surface area contributed by atoms with Crippen LogP contribution in [0, 0.1) is 6.92 Å². The number of fused-ring (bicyclic) bond motifs is 2. The van der Waals surface area contributed by atoms with E-state index >= 15 is 0 Å². The Kier molecular flexibility index (Phi) is 4.91. The van der Waals surface area contributed by atoms with Crippen molar-refractivity contribution in [3.05, 3.63) is 88.2 Å². The van der Waals surface area contributed by atoms with Gasteiger partial charge in [-0.3, -0.25) is 14.4 Å². The number of aryl methyl sites for hydroxylation is 4. The summed E-state index contributed by atoms with van der Waals surface area (Å²) in [5, 5.41) is 4.33. The molecule has 1 aromatic heterocycles. The Morgan fingerprint density at radius 1 is 0.900 bits per heavy atom. The first-order valence-corrected chi connectivity index (χ1v) is 10.8. The van der Waals surface area contributed by atoms with Crippen LogP contribution in [-0.4, -0.2) is 51.7 Å². The van der Waals surface area contributed by atoms with Gasteiger partial charge in [-0.25, -0.2) is 0 Å². The minimum Gasteiger partial charge on any atom is -0.335 e. The zero-order chi connectivity index (χ0) is 20.7. The highest BCUT2D eigenvalue weighted by Gasteiger charge is 2.32. The van der Waals surface area contributed by atoms with Gasteiger partial charge in [-0.2, -0.15) is 5.10 Å². The van der Waals surface area contributed by atoms with E-state index in [1.807, 2.05) is 24.9 Å². The van der Waals surface area contributed by atoms with Gasteiger partial charge < -0.3 is 4.90 Å². The zero-order valence-electron chi connectivity index (χ0n) is 17.7. The standard InChI is InChI=1S/C25H28N4O/c1-18-17-23(27(2)26-18)25(30)29-15-13-28(14-16-29)24-21-9-5-3-7-19(21)11-12-20-8-4-6-10-22(20)24/h3-10,17,24H,11-16H2,1-2H3. The third kappa shape index (κ3) is 3.33. The summed E-state index contributed by atoms with van der Waals surface area (Å²) in [4.78, 5) is 17.5. The second-order valence-corrected chi connectivity index (χ2v) is 8.42. The topological polar surface area (TPSA) is 41.4 Å². The highest BCUT2D eigenvalue weighted by Crippen LogP contribution is 2.37. The lowest BCUT2D eigenvalue weighted by Crippen LogP contribution is -2.50. The van der Waals surface area contributed by atoms with Gasteiger partial charge in [-0.05, 0) is 48.1 Å². The molecule has 1 aliphatic heterocycles. The van der Waals surface area contributed by atoms with Crippen LogP contribution in [0.5, 0.6) is 0 Å². The van der Waals surface area contributed by atoms with Crippen molar-refractivity contribution in [3.8, 4) is 0 Å². The summed E-state index contributed by atoms with van der Waals surface area (Å²) in [6.07, 6.45) is 2.17. The Bertz CT molecular complexity index is 1030. The maximum Gasteiger partial charge on any atom is 0.272 e. The fraction of sp³-hybridized carbons (Fsp3) is 0.360. The molecule has 0 spiro atoms. The van der Waals surface area contributed by atoms with Crippen LogP contribution in [0.25, 0.3) is 0 Å². The van der Waals surface area contributed by atoms with Crippen LogP contribution < -0.4 is 0 Å². The lowest BCUT2D eigenvalue weighted by molar-refractivity contribution is 0.0586. The number of benzene rings is 2. The molecule has 154 valence electrons. The van der Waals surface area contributed by atoms with Crippen molar-refractivity contribution in [1.29, 1.82) is 0 Å². The van der Waals surface area contributed by atoms with E-state index in [0.717, 1.165) is 44.7 Å². The predicted molar refractivity (Wildman–Crippen MR) is 118 cm³/mol. The Labute approximate surface area is 177 Å². The molecule has 0 atom stereocenters. The molecule has 5 heteroatoms. The summed E-state index contributed by atoms with van der Waals surface area (Å²) in [6, 6.07) is 19.9. The molecule has 0 N–H and O–H groups in total. The molecule has 1 saturated heterocycles.